The molecule has 0 bridgehead atoms. The molecule has 3 rings (SSSR count). The van der Waals surface area contributed by atoms with Crippen LogP contribution >= 0.6 is 11.3 Å². The molecule has 0 atom stereocenters. The van der Waals surface area contributed by atoms with Gasteiger partial charge in [0.25, 0.3) is 11.8 Å². The summed E-state index contributed by atoms with van der Waals surface area (Å²) in [5, 5.41) is 6.17. The second kappa shape index (κ2) is 11.0. The fourth-order valence-corrected chi connectivity index (χ4v) is 4.63. The molecule has 0 aliphatic rings. The minimum atomic E-state index is -0.630. The summed E-state index contributed by atoms with van der Waals surface area (Å²) >= 11 is 0.983. The largest absolute Gasteiger partial charge is 0.484 e. The van der Waals surface area contributed by atoms with E-state index in [0.717, 1.165) is 35.1 Å². The Bertz CT molecular complexity index is 1290. The molecule has 0 saturated heterocycles. The lowest BCUT2D eigenvalue weighted by Gasteiger charge is -2.10. The summed E-state index contributed by atoms with van der Waals surface area (Å²) in [5.41, 5.74) is 1.38. The van der Waals surface area contributed by atoms with Gasteiger partial charge in [0.2, 0.25) is 0 Å². The molecule has 0 spiro atoms. The van der Waals surface area contributed by atoms with Crippen LogP contribution in [0.4, 0.5) is 5.00 Å². The molecule has 0 fully saturated rings. The smallest absolute Gasteiger partial charge is 0.341 e. The molecule has 0 aliphatic carbocycles. The van der Waals surface area contributed by atoms with Crippen molar-refractivity contribution >= 4 is 45.1 Å². The molecule has 9 nitrogen and oxygen atoms in total. The average Bonchev–Trinajstić information content (AvgIpc) is 3.12. The van der Waals surface area contributed by atoms with Gasteiger partial charge in [0, 0.05) is 24.6 Å². The van der Waals surface area contributed by atoms with Crippen molar-refractivity contribution in [2.75, 3.05) is 25.6 Å². The molecule has 2 aromatic heterocycles. The maximum Gasteiger partial charge on any atom is 0.341 e. The lowest BCUT2D eigenvalue weighted by Crippen LogP contribution is -2.21. The zero-order valence-corrected chi connectivity index (χ0v) is 20.2. The second-order valence-corrected chi connectivity index (χ2v) is 8.42. The molecule has 0 aliphatic heterocycles. The fourth-order valence-electron chi connectivity index (χ4n) is 3.47. The number of nitrogens with one attached hydrogen (secondary N) is 2. The summed E-state index contributed by atoms with van der Waals surface area (Å²) in [6.45, 7) is 5.10. The Hall–Kier alpha value is -3.66. The van der Waals surface area contributed by atoms with E-state index in [4.69, 9.17) is 13.9 Å². The van der Waals surface area contributed by atoms with E-state index in [1.54, 1.807) is 32.0 Å². The molecule has 2 N–H and O–H groups in total. The SMILES string of the molecule is CCCc1cc(=O)oc2cc(OCC(=O)Nc3sc(C(=O)NC)c(C)c3C(=O)OCC)ccc12. The number of fused-ring (bicyclic) bond motifs is 1. The lowest BCUT2D eigenvalue weighted by atomic mass is 10.1. The highest BCUT2D eigenvalue weighted by Crippen LogP contribution is 2.34. The summed E-state index contributed by atoms with van der Waals surface area (Å²) in [6, 6.07) is 6.52. The third-order valence-corrected chi connectivity index (χ3v) is 6.21. The minimum Gasteiger partial charge on any atom is -0.484 e. The first-order chi connectivity index (χ1) is 16.3. The molecule has 2 heterocycles. The molecule has 3 aromatic rings. The van der Waals surface area contributed by atoms with E-state index in [2.05, 4.69) is 10.6 Å². The molecule has 2 amide bonds. The van der Waals surface area contributed by atoms with E-state index in [9.17, 15) is 19.2 Å². The highest BCUT2D eigenvalue weighted by molar-refractivity contribution is 7.18. The van der Waals surface area contributed by atoms with Gasteiger partial charge in [-0.25, -0.2) is 9.59 Å². The number of hydrogen-bond donors (Lipinski definition) is 2. The third kappa shape index (κ3) is 5.45. The zero-order chi connectivity index (χ0) is 24.8. The summed E-state index contributed by atoms with van der Waals surface area (Å²) in [5.74, 6) is -1.19. The van der Waals surface area contributed by atoms with Crippen molar-refractivity contribution in [1.82, 2.24) is 5.32 Å². The Morgan fingerprint density at radius 1 is 1.15 bits per heavy atom. The lowest BCUT2D eigenvalue weighted by molar-refractivity contribution is -0.118. The standard InChI is InChI=1S/C24H26N2O7S/c1-5-7-14-10-19(28)33-17-11-15(8-9-16(14)17)32-12-18(27)26-23-20(24(30)31-6-2)13(3)21(34-23)22(29)25-4/h8-11H,5-7,12H2,1-4H3,(H,25,29)(H,26,27). The number of carbonyl (C=O) groups excluding carboxylic acids is 3. The molecule has 0 saturated carbocycles. The van der Waals surface area contributed by atoms with E-state index >= 15 is 0 Å². The number of rotatable bonds is 9. The van der Waals surface area contributed by atoms with Gasteiger partial charge < -0.3 is 24.5 Å². The monoisotopic (exact) mass is 486 g/mol. The van der Waals surface area contributed by atoms with Gasteiger partial charge in [-0.05, 0) is 43.5 Å². The third-order valence-electron chi connectivity index (χ3n) is 5.00. The first-order valence-electron chi connectivity index (χ1n) is 10.8. The summed E-state index contributed by atoms with van der Waals surface area (Å²) < 4.78 is 15.9. The highest BCUT2D eigenvalue weighted by Gasteiger charge is 2.26. The van der Waals surface area contributed by atoms with E-state index in [0.29, 0.717) is 21.8 Å². The van der Waals surface area contributed by atoms with Gasteiger partial charge >= 0.3 is 11.6 Å². The van der Waals surface area contributed by atoms with Gasteiger partial charge in [-0.2, -0.15) is 0 Å². The van der Waals surface area contributed by atoms with E-state index in [1.165, 1.54) is 13.1 Å². The highest BCUT2D eigenvalue weighted by atomic mass is 32.1. The van der Waals surface area contributed by atoms with Gasteiger partial charge in [0.05, 0.1) is 17.0 Å². The van der Waals surface area contributed by atoms with Crippen molar-refractivity contribution in [3.8, 4) is 5.75 Å². The van der Waals surface area contributed by atoms with Crippen LogP contribution in [0.2, 0.25) is 0 Å². The maximum absolute atomic E-state index is 12.6. The van der Waals surface area contributed by atoms with Crippen molar-refractivity contribution < 1.29 is 28.3 Å². The normalized spacial score (nSPS) is 10.7. The van der Waals surface area contributed by atoms with Gasteiger partial charge in [-0.15, -0.1) is 11.3 Å². The number of amides is 2. The number of carbonyl (C=O) groups is 3. The van der Waals surface area contributed by atoms with Crippen molar-refractivity contribution in [3.63, 3.8) is 0 Å². The van der Waals surface area contributed by atoms with E-state index < -0.39 is 17.5 Å². The van der Waals surface area contributed by atoms with Gasteiger partial charge in [0.15, 0.2) is 6.61 Å². The van der Waals surface area contributed by atoms with Crippen molar-refractivity contribution in [3.05, 3.63) is 56.3 Å². The van der Waals surface area contributed by atoms with Gasteiger partial charge in [0.1, 0.15) is 16.3 Å². The van der Waals surface area contributed by atoms with Crippen LogP contribution in [0.3, 0.4) is 0 Å². The molecule has 10 heteroatoms. The maximum atomic E-state index is 12.6. The number of hydrogen-bond acceptors (Lipinski definition) is 8. The predicted octanol–water partition coefficient (Wildman–Crippen LogP) is 3.67. The van der Waals surface area contributed by atoms with E-state index in [1.807, 2.05) is 6.92 Å². The van der Waals surface area contributed by atoms with Crippen LogP contribution in [0.15, 0.2) is 33.5 Å². The Morgan fingerprint density at radius 3 is 2.59 bits per heavy atom. The number of aryl methyl sites for hydroxylation is 1. The average molecular weight is 487 g/mol. The Kier molecular flexibility index (Phi) is 8.06. The van der Waals surface area contributed by atoms with E-state index in [-0.39, 0.29) is 29.7 Å². The van der Waals surface area contributed by atoms with Crippen molar-refractivity contribution in [1.29, 1.82) is 0 Å². The Balaban J connectivity index is 1.78. The number of anilines is 1. The number of benzene rings is 1. The number of ether oxygens (including phenoxy) is 2. The van der Waals surface area contributed by atoms with Gasteiger partial charge in [-0.3, -0.25) is 9.59 Å². The molecule has 0 unspecified atom stereocenters. The predicted molar refractivity (Wildman–Crippen MR) is 129 cm³/mol. The Labute approximate surface area is 200 Å². The molecule has 1 aromatic carbocycles. The van der Waals surface area contributed by atoms with Crippen LogP contribution in [-0.2, 0) is 16.0 Å². The van der Waals surface area contributed by atoms with Crippen LogP contribution in [-0.4, -0.2) is 38.0 Å². The zero-order valence-electron chi connectivity index (χ0n) is 19.4. The second-order valence-electron chi connectivity index (χ2n) is 7.40. The van der Waals surface area contributed by atoms with Crippen LogP contribution in [0.5, 0.6) is 5.75 Å². The molecule has 180 valence electrons. The topological polar surface area (TPSA) is 124 Å². The molecular weight excluding hydrogens is 460 g/mol. The Morgan fingerprint density at radius 2 is 1.91 bits per heavy atom. The van der Waals surface area contributed by atoms with Crippen molar-refractivity contribution in [2.24, 2.45) is 0 Å². The molecule has 0 radical (unpaired) electrons. The fraction of sp³-hybridized carbons (Fsp3) is 0.333. The summed E-state index contributed by atoms with van der Waals surface area (Å²) in [7, 11) is 1.48. The van der Waals surface area contributed by atoms with Crippen molar-refractivity contribution in [2.45, 2.75) is 33.6 Å². The van der Waals surface area contributed by atoms with Gasteiger partial charge in [-0.1, -0.05) is 13.3 Å². The summed E-state index contributed by atoms with van der Waals surface area (Å²) in [6.07, 6.45) is 1.63. The quantitative estimate of drug-likeness (QED) is 0.349. The number of esters is 1. The minimum absolute atomic E-state index is 0.134. The molecule has 34 heavy (non-hydrogen) atoms. The first kappa shape index (κ1) is 25.0. The van der Waals surface area contributed by atoms with Crippen LogP contribution in [0.1, 0.15) is 51.4 Å². The van der Waals surface area contributed by atoms with Crippen LogP contribution in [0, 0.1) is 6.92 Å². The summed E-state index contributed by atoms with van der Waals surface area (Å²) in [4.78, 5) is 49.3. The molecular formula is C24H26N2O7S. The number of thiophene rings is 1. The van der Waals surface area contributed by atoms with Crippen LogP contribution < -0.4 is 21.0 Å². The van der Waals surface area contributed by atoms with Crippen LogP contribution in [0.25, 0.3) is 11.0 Å². The first-order valence-corrected chi connectivity index (χ1v) is 11.6.